The van der Waals surface area contributed by atoms with Gasteiger partial charge in [0.05, 0.1) is 20.3 Å². The van der Waals surface area contributed by atoms with Crippen LogP contribution in [0.5, 0.6) is 5.75 Å². The van der Waals surface area contributed by atoms with Gasteiger partial charge in [0.25, 0.3) is 0 Å². The van der Waals surface area contributed by atoms with E-state index < -0.39 is 0 Å². The van der Waals surface area contributed by atoms with Crippen LogP contribution >= 0.6 is 0 Å². The highest BCUT2D eigenvalue weighted by Gasteiger charge is 2.06. The Hall–Kier alpha value is -1.06. The normalized spacial score (nSPS) is 10.9. The van der Waals surface area contributed by atoms with E-state index in [1.165, 1.54) is 5.56 Å². The Bertz CT molecular complexity index is 350. The van der Waals surface area contributed by atoms with E-state index in [2.05, 4.69) is 38.2 Å². The van der Waals surface area contributed by atoms with Gasteiger partial charge in [-0.1, -0.05) is 26.8 Å². The van der Waals surface area contributed by atoms with E-state index in [9.17, 15) is 0 Å². The van der Waals surface area contributed by atoms with Crippen LogP contribution in [0.4, 0.5) is 0 Å². The van der Waals surface area contributed by atoms with E-state index >= 15 is 0 Å². The minimum absolute atomic E-state index is 0.524. The quantitative estimate of drug-likeness (QED) is 0.721. The van der Waals surface area contributed by atoms with Crippen molar-refractivity contribution in [2.24, 2.45) is 0 Å². The monoisotopic (exact) mass is 251 g/mol. The lowest BCUT2D eigenvalue weighted by Crippen LogP contribution is -2.18. The molecule has 1 aromatic rings. The van der Waals surface area contributed by atoms with Gasteiger partial charge in [-0.05, 0) is 30.2 Å². The molecule has 3 nitrogen and oxygen atoms in total. The standard InChI is InChI=1S/C15H25NO2/c1-5-16-8-9-18-11-14-10-13(12(2)3)6-7-15(14)17-4/h6-7,10,12,16H,5,8-9,11H2,1-4H3. The number of benzene rings is 1. The van der Waals surface area contributed by atoms with E-state index in [4.69, 9.17) is 9.47 Å². The Morgan fingerprint density at radius 2 is 2.06 bits per heavy atom. The number of ether oxygens (including phenoxy) is 2. The van der Waals surface area contributed by atoms with E-state index in [0.717, 1.165) is 31.0 Å². The molecular weight excluding hydrogens is 226 g/mol. The average Bonchev–Trinajstić information content (AvgIpc) is 2.38. The summed E-state index contributed by atoms with van der Waals surface area (Å²) in [5, 5.41) is 3.24. The van der Waals surface area contributed by atoms with Crippen molar-refractivity contribution >= 4 is 0 Å². The van der Waals surface area contributed by atoms with Gasteiger partial charge in [0.15, 0.2) is 0 Å². The first-order valence-corrected chi connectivity index (χ1v) is 6.64. The zero-order valence-corrected chi connectivity index (χ0v) is 12.0. The molecule has 0 amide bonds. The molecule has 0 bridgehead atoms. The molecule has 0 unspecified atom stereocenters. The van der Waals surface area contributed by atoms with Crippen LogP contribution in [0.15, 0.2) is 18.2 Å². The SMILES string of the molecule is CCNCCOCc1cc(C(C)C)ccc1OC. The maximum absolute atomic E-state index is 5.66. The minimum atomic E-state index is 0.524. The molecule has 0 fully saturated rings. The van der Waals surface area contributed by atoms with Gasteiger partial charge in [0, 0.05) is 12.1 Å². The Balaban J connectivity index is 2.58. The van der Waals surface area contributed by atoms with Crippen LogP contribution in [0.25, 0.3) is 0 Å². The van der Waals surface area contributed by atoms with Crippen molar-refractivity contribution in [1.29, 1.82) is 0 Å². The van der Waals surface area contributed by atoms with Gasteiger partial charge in [-0.15, -0.1) is 0 Å². The third-order valence-corrected chi connectivity index (χ3v) is 2.90. The summed E-state index contributed by atoms with van der Waals surface area (Å²) in [5.74, 6) is 1.43. The molecule has 0 saturated carbocycles. The zero-order chi connectivity index (χ0) is 13.4. The fourth-order valence-corrected chi connectivity index (χ4v) is 1.77. The summed E-state index contributed by atoms with van der Waals surface area (Å²) >= 11 is 0. The van der Waals surface area contributed by atoms with E-state index in [0.29, 0.717) is 12.5 Å². The van der Waals surface area contributed by atoms with Gasteiger partial charge >= 0.3 is 0 Å². The molecular formula is C15H25NO2. The molecule has 102 valence electrons. The molecule has 0 saturated heterocycles. The third-order valence-electron chi connectivity index (χ3n) is 2.90. The van der Waals surface area contributed by atoms with Crippen LogP contribution in [0, 0.1) is 0 Å². The largest absolute Gasteiger partial charge is 0.496 e. The summed E-state index contributed by atoms with van der Waals surface area (Å²) < 4.78 is 11.0. The maximum atomic E-state index is 5.66. The summed E-state index contributed by atoms with van der Waals surface area (Å²) in [6.45, 7) is 9.68. The van der Waals surface area contributed by atoms with Gasteiger partial charge < -0.3 is 14.8 Å². The Morgan fingerprint density at radius 1 is 1.28 bits per heavy atom. The highest BCUT2D eigenvalue weighted by atomic mass is 16.5. The van der Waals surface area contributed by atoms with Gasteiger partial charge in [0.1, 0.15) is 5.75 Å². The molecule has 3 heteroatoms. The number of hydrogen-bond donors (Lipinski definition) is 1. The summed E-state index contributed by atoms with van der Waals surface area (Å²) in [4.78, 5) is 0. The van der Waals surface area contributed by atoms with Gasteiger partial charge in [-0.2, -0.15) is 0 Å². The third kappa shape index (κ3) is 4.67. The number of likely N-dealkylation sites (N-methyl/N-ethyl adjacent to an activating group) is 1. The Morgan fingerprint density at radius 3 is 2.67 bits per heavy atom. The highest BCUT2D eigenvalue weighted by Crippen LogP contribution is 2.24. The summed E-state index contributed by atoms with van der Waals surface area (Å²) in [6, 6.07) is 6.32. The van der Waals surface area contributed by atoms with Crippen molar-refractivity contribution in [3.8, 4) is 5.75 Å². The first-order chi connectivity index (χ1) is 8.69. The highest BCUT2D eigenvalue weighted by molar-refractivity contribution is 5.37. The van der Waals surface area contributed by atoms with E-state index in [1.54, 1.807) is 7.11 Å². The molecule has 0 aliphatic carbocycles. The molecule has 1 rings (SSSR count). The van der Waals surface area contributed by atoms with Crippen molar-refractivity contribution in [2.75, 3.05) is 26.8 Å². The topological polar surface area (TPSA) is 30.5 Å². The summed E-state index contributed by atoms with van der Waals surface area (Å²) in [5.41, 5.74) is 2.45. The predicted octanol–water partition coefficient (Wildman–Crippen LogP) is 2.94. The number of nitrogens with one attached hydrogen (secondary N) is 1. The second-order valence-corrected chi connectivity index (χ2v) is 4.63. The first-order valence-electron chi connectivity index (χ1n) is 6.64. The van der Waals surface area contributed by atoms with E-state index in [-0.39, 0.29) is 0 Å². The van der Waals surface area contributed by atoms with Crippen LogP contribution in [0.1, 0.15) is 37.8 Å². The van der Waals surface area contributed by atoms with Crippen LogP contribution < -0.4 is 10.1 Å². The van der Waals surface area contributed by atoms with Gasteiger partial charge in [-0.25, -0.2) is 0 Å². The van der Waals surface area contributed by atoms with E-state index in [1.807, 2.05) is 6.07 Å². The van der Waals surface area contributed by atoms with Gasteiger partial charge in [0.2, 0.25) is 0 Å². The van der Waals surface area contributed by atoms with Crippen molar-refractivity contribution in [1.82, 2.24) is 5.32 Å². The van der Waals surface area contributed by atoms with Crippen molar-refractivity contribution < 1.29 is 9.47 Å². The zero-order valence-electron chi connectivity index (χ0n) is 12.0. The number of rotatable bonds is 8. The van der Waals surface area contributed by atoms with Crippen LogP contribution in [-0.2, 0) is 11.3 Å². The summed E-state index contributed by atoms with van der Waals surface area (Å²) in [6.07, 6.45) is 0. The second kappa shape index (κ2) is 8.11. The first kappa shape index (κ1) is 15.0. The maximum Gasteiger partial charge on any atom is 0.124 e. The number of hydrogen-bond acceptors (Lipinski definition) is 3. The van der Waals surface area contributed by atoms with Crippen molar-refractivity contribution in [3.05, 3.63) is 29.3 Å². The molecule has 1 aromatic carbocycles. The smallest absolute Gasteiger partial charge is 0.124 e. The average molecular weight is 251 g/mol. The fourth-order valence-electron chi connectivity index (χ4n) is 1.77. The molecule has 0 aromatic heterocycles. The molecule has 0 atom stereocenters. The minimum Gasteiger partial charge on any atom is -0.496 e. The lowest BCUT2D eigenvalue weighted by molar-refractivity contribution is 0.121. The molecule has 0 radical (unpaired) electrons. The van der Waals surface area contributed by atoms with Crippen LogP contribution in [-0.4, -0.2) is 26.8 Å². The van der Waals surface area contributed by atoms with Crippen LogP contribution in [0.2, 0.25) is 0 Å². The lowest BCUT2D eigenvalue weighted by atomic mass is 10.0. The van der Waals surface area contributed by atoms with Crippen molar-refractivity contribution in [2.45, 2.75) is 33.3 Å². The molecule has 1 N–H and O–H groups in total. The van der Waals surface area contributed by atoms with Gasteiger partial charge in [-0.3, -0.25) is 0 Å². The fraction of sp³-hybridized carbons (Fsp3) is 0.600. The lowest BCUT2D eigenvalue weighted by Gasteiger charge is -2.13. The molecule has 0 aliphatic rings. The molecule has 0 aliphatic heterocycles. The molecule has 0 heterocycles. The van der Waals surface area contributed by atoms with Crippen molar-refractivity contribution in [3.63, 3.8) is 0 Å². The van der Waals surface area contributed by atoms with Crippen LogP contribution in [0.3, 0.4) is 0 Å². The number of methoxy groups -OCH3 is 1. The molecule has 0 spiro atoms. The Kier molecular flexibility index (Phi) is 6.76. The second-order valence-electron chi connectivity index (χ2n) is 4.63. The Labute approximate surface area is 110 Å². The molecule has 18 heavy (non-hydrogen) atoms. The predicted molar refractivity (Wildman–Crippen MR) is 75.3 cm³/mol. The summed E-state index contributed by atoms with van der Waals surface area (Å²) in [7, 11) is 1.70.